The molecule has 0 atom stereocenters. The van der Waals surface area contributed by atoms with Crippen LogP contribution in [-0.4, -0.2) is 38.3 Å². The maximum absolute atomic E-state index is 13.7. The Balaban J connectivity index is 1.91. The van der Waals surface area contributed by atoms with Gasteiger partial charge in [0, 0.05) is 17.1 Å². The van der Waals surface area contributed by atoms with Crippen LogP contribution in [0, 0.1) is 0 Å². The number of hydrogen-bond donors (Lipinski definition) is 1. The molecule has 0 aliphatic heterocycles. The van der Waals surface area contributed by atoms with Crippen molar-refractivity contribution in [3.63, 3.8) is 0 Å². The highest BCUT2D eigenvalue weighted by Crippen LogP contribution is 2.39. The molecule has 3 aromatic carbocycles. The fraction of sp³-hybridized carbons (Fsp3) is 0.214. The highest BCUT2D eigenvalue weighted by molar-refractivity contribution is 7.91. The number of carbonyl (C=O) groups is 1. The molecule has 0 bridgehead atoms. The molecule has 0 spiro atoms. The molecular weight excluding hydrogens is 517 g/mol. The molecule has 10 heteroatoms. The molecule has 0 aliphatic rings. The number of benzene rings is 3. The Hall–Kier alpha value is -3.76. The van der Waals surface area contributed by atoms with Crippen molar-refractivity contribution in [3.05, 3.63) is 84.1 Å². The normalized spacial score (nSPS) is 12.0. The second-order valence-corrected chi connectivity index (χ2v) is 10.6. The fourth-order valence-electron chi connectivity index (χ4n) is 4.24. The van der Waals surface area contributed by atoms with Crippen molar-refractivity contribution in [1.29, 1.82) is 0 Å². The van der Waals surface area contributed by atoms with Gasteiger partial charge in [0.1, 0.15) is 0 Å². The maximum atomic E-state index is 13.7. The van der Waals surface area contributed by atoms with E-state index in [4.69, 9.17) is 10.5 Å². The summed E-state index contributed by atoms with van der Waals surface area (Å²) in [6.07, 6.45) is -3.22. The van der Waals surface area contributed by atoms with E-state index < -0.39 is 27.5 Å². The van der Waals surface area contributed by atoms with Gasteiger partial charge >= 0.3 is 12.1 Å². The number of halogens is 3. The largest absolute Gasteiger partial charge is 0.462 e. The smallest absolute Gasteiger partial charge is 0.418 e. The highest BCUT2D eigenvalue weighted by atomic mass is 32.2. The van der Waals surface area contributed by atoms with Crippen LogP contribution in [0.2, 0.25) is 0 Å². The fourth-order valence-corrected chi connectivity index (χ4v) is 5.62. The van der Waals surface area contributed by atoms with Crippen molar-refractivity contribution in [1.82, 2.24) is 4.98 Å². The van der Waals surface area contributed by atoms with Gasteiger partial charge in [0.15, 0.2) is 9.84 Å². The number of pyridine rings is 1. The second kappa shape index (κ2) is 10.9. The minimum atomic E-state index is -4.65. The summed E-state index contributed by atoms with van der Waals surface area (Å²) < 4.78 is 71.8. The molecule has 1 aromatic heterocycles. The first kappa shape index (κ1) is 27.3. The lowest BCUT2D eigenvalue weighted by Crippen LogP contribution is -2.11. The van der Waals surface area contributed by atoms with Gasteiger partial charge in [-0.25, -0.2) is 13.2 Å². The maximum Gasteiger partial charge on any atom is 0.418 e. The minimum Gasteiger partial charge on any atom is -0.462 e. The van der Waals surface area contributed by atoms with E-state index in [1.165, 1.54) is 18.2 Å². The van der Waals surface area contributed by atoms with Crippen LogP contribution in [0.15, 0.2) is 77.8 Å². The van der Waals surface area contributed by atoms with Gasteiger partial charge in [-0.05, 0) is 60.8 Å². The van der Waals surface area contributed by atoms with Crippen molar-refractivity contribution in [2.45, 2.75) is 24.4 Å². The molecule has 198 valence electrons. The predicted molar refractivity (Wildman–Crippen MR) is 139 cm³/mol. The van der Waals surface area contributed by atoms with E-state index in [1.54, 1.807) is 49.4 Å². The Morgan fingerprint density at radius 1 is 0.974 bits per heavy atom. The van der Waals surface area contributed by atoms with Crippen molar-refractivity contribution in [2.24, 2.45) is 5.73 Å². The van der Waals surface area contributed by atoms with E-state index in [-0.39, 0.29) is 45.8 Å². The zero-order chi connectivity index (χ0) is 27.5. The Morgan fingerprint density at radius 2 is 1.63 bits per heavy atom. The van der Waals surface area contributed by atoms with E-state index in [2.05, 4.69) is 4.98 Å². The Kier molecular flexibility index (Phi) is 7.84. The molecule has 0 aliphatic carbocycles. The average molecular weight is 543 g/mol. The SMILES string of the molecule is CCOC(=O)c1cnc2c(C(F)(F)F)cccc2c1-c1cccc(-c2cccc(S(=O)(=O)CCCN)c2)c1. The predicted octanol–water partition coefficient (Wildman–Crippen LogP) is 5.89. The van der Waals surface area contributed by atoms with Gasteiger partial charge in [0.25, 0.3) is 0 Å². The summed E-state index contributed by atoms with van der Waals surface area (Å²) in [5, 5.41) is 0.139. The molecule has 0 radical (unpaired) electrons. The number of hydrogen-bond acceptors (Lipinski definition) is 6. The summed E-state index contributed by atoms with van der Waals surface area (Å²) in [5.41, 5.74) is 6.18. The molecule has 0 fully saturated rings. The molecule has 0 unspecified atom stereocenters. The van der Waals surface area contributed by atoms with Crippen LogP contribution in [0.25, 0.3) is 33.2 Å². The van der Waals surface area contributed by atoms with Crippen LogP contribution < -0.4 is 5.73 Å². The number of esters is 1. The topological polar surface area (TPSA) is 99.3 Å². The number of carbonyl (C=O) groups excluding carboxylic acids is 1. The number of fused-ring (bicyclic) bond motifs is 1. The van der Waals surface area contributed by atoms with Gasteiger partial charge in [0.05, 0.1) is 33.9 Å². The standard InChI is InChI=1S/C28H25F3N2O4S/c1-2-37-27(34)23-17-33-26-22(11-5-12-24(26)28(29,30)31)25(23)20-9-3-7-18(15-20)19-8-4-10-21(16-19)38(35,36)14-6-13-32/h3-5,7-12,15-17H,2,6,13-14,32H2,1H3. The number of nitrogens with two attached hydrogens (primary N) is 1. The Morgan fingerprint density at radius 3 is 2.32 bits per heavy atom. The number of ether oxygens (including phenoxy) is 1. The van der Waals surface area contributed by atoms with Gasteiger partial charge in [-0.1, -0.05) is 42.5 Å². The quantitative estimate of drug-likeness (QED) is 0.279. The summed E-state index contributed by atoms with van der Waals surface area (Å²) in [7, 11) is -3.54. The number of nitrogens with zero attached hydrogens (tertiary/aromatic N) is 1. The number of para-hydroxylation sites is 1. The summed E-state index contributed by atoms with van der Waals surface area (Å²) in [6.45, 7) is 1.95. The third kappa shape index (κ3) is 5.56. The Bertz CT molecular complexity index is 1600. The van der Waals surface area contributed by atoms with E-state index in [1.807, 2.05) is 0 Å². The molecule has 1 heterocycles. The summed E-state index contributed by atoms with van der Waals surface area (Å²) in [6, 6.07) is 16.9. The second-order valence-electron chi connectivity index (χ2n) is 8.54. The molecule has 4 aromatic rings. The average Bonchev–Trinajstić information content (AvgIpc) is 2.90. The third-order valence-corrected chi connectivity index (χ3v) is 7.79. The number of alkyl halides is 3. The molecule has 6 nitrogen and oxygen atoms in total. The van der Waals surface area contributed by atoms with E-state index in [9.17, 15) is 26.4 Å². The van der Waals surface area contributed by atoms with E-state index in [0.29, 0.717) is 23.1 Å². The first-order chi connectivity index (χ1) is 18.1. The molecular formula is C28H25F3N2O4S. The van der Waals surface area contributed by atoms with Crippen LogP contribution in [0.4, 0.5) is 13.2 Å². The van der Waals surface area contributed by atoms with Gasteiger partial charge in [0.2, 0.25) is 0 Å². The van der Waals surface area contributed by atoms with Crippen LogP contribution >= 0.6 is 0 Å². The molecule has 0 amide bonds. The minimum absolute atomic E-state index is 0.0222. The van der Waals surface area contributed by atoms with Crippen LogP contribution in [0.1, 0.15) is 29.3 Å². The van der Waals surface area contributed by atoms with Crippen molar-refractivity contribution in [3.8, 4) is 22.3 Å². The molecule has 4 rings (SSSR count). The zero-order valence-corrected chi connectivity index (χ0v) is 21.3. The van der Waals surface area contributed by atoms with E-state index >= 15 is 0 Å². The van der Waals surface area contributed by atoms with Gasteiger partial charge in [-0.15, -0.1) is 0 Å². The van der Waals surface area contributed by atoms with Crippen molar-refractivity contribution in [2.75, 3.05) is 18.9 Å². The zero-order valence-electron chi connectivity index (χ0n) is 20.5. The molecule has 0 saturated heterocycles. The molecule has 2 N–H and O–H groups in total. The molecule has 38 heavy (non-hydrogen) atoms. The van der Waals surface area contributed by atoms with Crippen LogP contribution in [0.3, 0.4) is 0 Å². The Labute approximate surface area is 218 Å². The number of sulfone groups is 1. The van der Waals surface area contributed by atoms with Crippen molar-refractivity contribution >= 4 is 26.7 Å². The van der Waals surface area contributed by atoms with Crippen LogP contribution in [0.5, 0.6) is 0 Å². The first-order valence-corrected chi connectivity index (χ1v) is 13.5. The number of aromatic nitrogens is 1. The first-order valence-electron chi connectivity index (χ1n) is 11.9. The monoisotopic (exact) mass is 542 g/mol. The number of rotatable bonds is 8. The summed E-state index contributed by atoms with van der Waals surface area (Å²) >= 11 is 0. The third-order valence-electron chi connectivity index (χ3n) is 5.99. The lowest BCUT2D eigenvalue weighted by Gasteiger charge is -2.16. The van der Waals surface area contributed by atoms with Gasteiger partial charge < -0.3 is 10.5 Å². The van der Waals surface area contributed by atoms with E-state index in [0.717, 1.165) is 12.3 Å². The summed E-state index contributed by atoms with van der Waals surface area (Å²) in [5.74, 6) is -0.798. The van der Waals surface area contributed by atoms with Gasteiger partial charge in [-0.3, -0.25) is 4.98 Å². The summed E-state index contributed by atoms with van der Waals surface area (Å²) in [4.78, 5) is 16.9. The lowest BCUT2D eigenvalue weighted by molar-refractivity contribution is -0.136. The van der Waals surface area contributed by atoms with Gasteiger partial charge in [-0.2, -0.15) is 13.2 Å². The molecule has 0 saturated carbocycles. The lowest BCUT2D eigenvalue weighted by atomic mass is 9.92. The van der Waals surface area contributed by atoms with Crippen molar-refractivity contribution < 1.29 is 31.1 Å². The highest BCUT2D eigenvalue weighted by Gasteiger charge is 2.34. The van der Waals surface area contributed by atoms with Crippen LogP contribution in [-0.2, 0) is 20.8 Å².